The number of aryl methyl sites for hydroxylation is 1. The number of Topliss-reactive ketones (excluding diaryl/α,β-unsaturated/α-hetero) is 1. The lowest BCUT2D eigenvalue weighted by atomic mass is 9.97. The minimum absolute atomic E-state index is 0.0760. The van der Waals surface area contributed by atoms with Crippen LogP contribution in [-0.2, 0) is 14.3 Å². The highest BCUT2D eigenvalue weighted by Gasteiger charge is 2.17. The summed E-state index contributed by atoms with van der Waals surface area (Å²) in [6, 6.07) is 5.97. The second-order valence-electron chi connectivity index (χ2n) is 4.98. The van der Waals surface area contributed by atoms with Gasteiger partial charge in [0.2, 0.25) is 0 Å². The van der Waals surface area contributed by atoms with Gasteiger partial charge in [0.15, 0.2) is 5.78 Å². The zero-order valence-corrected chi connectivity index (χ0v) is 13.8. The second-order valence-corrected chi connectivity index (χ2v) is 6.12. The molecule has 1 heterocycles. The van der Waals surface area contributed by atoms with Crippen molar-refractivity contribution in [3.63, 3.8) is 0 Å². The van der Waals surface area contributed by atoms with E-state index in [9.17, 15) is 9.59 Å². The molecule has 4 heteroatoms. The number of hydrogen-bond donors (Lipinski definition) is 0. The minimum atomic E-state index is -0.0760. The molecule has 1 saturated heterocycles. The van der Waals surface area contributed by atoms with Crippen LogP contribution in [0.3, 0.4) is 0 Å². The molecule has 2 rings (SSSR count). The van der Waals surface area contributed by atoms with Crippen molar-refractivity contribution in [1.82, 2.24) is 0 Å². The molecule has 0 saturated carbocycles. The lowest BCUT2D eigenvalue weighted by Crippen LogP contribution is -1.96. The second kappa shape index (κ2) is 8.80. The maximum Gasteiger partial charge on any atom is 0.170 e. The van der Waals surface area contributed by atoms with E-state index in [0.717, 1.165) is 33.6 Å². The van der Waals surface area contributed by atoms with Crippen molar-refractivity contribution < 1.29 is 14.3 Å². The molecule has 1 fully saturated rings. The molecular formula is C17H22O3S. The van der Waals surface area contributed by atoms with Gasteiger partial charge in [-0.1, -0.05) is 25.1 Å². The van der Waals surface area contributed by atoms with E-state index in [1.165, 1.54) is 0 Å². The number of ether oxygens (including phenoxy) is 1. The zero-order valence-electron chi connectivity index (χ0n) is 13.0. The molecule has 114 valence electrons. The fourth-order valence-electron chi connectivity index (χ4n) is 1.94. The Hall–Kier alpha value is -1.39. The number of aldehydes is 1. The third-order valence-corrected chi connectivity index (χ3v) is 4.24. The van der Waals surface area contributed by atoms with Crippen molar-refractivity contribution in [3.05, 3.63) is 39.8 Å². The first-order chi connectivity index (χ1) is 10.0. The molecule has 0 spiro atoms. The number of hydrogen-bond acceptors (Lipinski definition) is 4. The monoisotopic (exact) mass is 306 g/mol. The Morgan fingerprint density at radius 1 is 1.33 bits per heavy atom. The number of carbonyl (C=O) groups is 2. The van der Waals surface area contributed by atoms with Crippen LogP contribution in [0, 0.1) is 6.92 Å². The van der Waals surface area contributed by atoms with Gasteiger partial charge < -0.3 is 9.53 Å². The Morgan fingerprint density at radius 3 is 2.48 bits per heavy atom. The first kappa shape index (κ1) is 17.7. The zero-order chi connectivity index (χ0) is 15.8. The van der Waals surface area contributed by atoms with Crippen LogP contribution in [0.25, 0.3) is 6.08 Å². The predicted octanol–water partition coefficient (Wildman–Crippen LogP) is 3.61. The first-order valence-corrected chi connectivity index (χ1v) is 7.85. The number of rotatable bonds is 3. The molecule has 1 unspecified atom stereocenters. The molecule has 0 aliphatic carbocycles. The number of methoxy groups -OCH3 is 1. The molecule has 0 aromatic heterocycles. The number of ketones is 1. The van der Waals surface area contributed by atoms with Crippen molar-refractivity contribution in [2.45, 2.75) is 26.2 Å². The molecule has 21 heavy (non-hydrogen) atoms. The van der Waals surface area contributed by atoms with Crippen LogP contribution in [0.2, 0.25) is 0 Å². The van der Waals surface area contributed by atoms with Gasteiger partial charge in [0.1, 0.15) is 6.29 Å². The molecule has 1 atom stereocenters. The summed E-state index contributed by atoms with van der Waals surface area (Å²) < 4.78 is 4.25. The van der Waals surface area contributed by atoms with Crippen LogP contribution < -0.4 is 0 Å². The van der Waals surface area contributed by atoms with E-state index >= 15 is 0 Å². The number of carbonyl (C=O) groups excluding carboxylic acids is 2. The third kappa shape index (κ3) is 5.14. The molecular weight excluding hydrogens is 284 g/mol. The maximum atomic E-state index is 11.6. The van der Waals surface area contributed by atoms with E-state index < -0.39 is 0 Å². The molecule has 3 nitrogen and oxygen atoms in total. The van der Waals surface area contributed by atoms with Crippen LogP contribution in [0.5, 0.6) is 0 Å². The average Bonchev–Trinajstić information content (AvgIpc) is 2.86. The molecule has 0 bridgehead atoms. The van der Waals surface area contributed by atoms with E-state index in [-0.39, 0.29) is 11.7 Å². The number of allylic oxidation sites excluding steroid dienone is 1. The number of benzene rings is 1. The van der Waals surface area contributed by atoms with Crippen molar-refractivity contribution in [2.24, 2.45) is 0 Å². The summed E-state index contributed by atoms with van der Waals surface area (Å²) >= 11 is 1.62. The highest BCUT2D eigenvalue weighted by Crippen LogP contribution is 2.30. The van der Waals surface area contributed by atoms with Crippen LogP contribution in [-0.4, -0.2) is 32.0 Å². The molecule has 1 aliphatic heterocycles. The van der Waals surface area contributed by atoms with Gasteiger partial charge in [-0.15, -0.1) is 11.8 Å². The molecule has 0 radical (unpaired) electrons. The molecule has 0 amide bonds. The summed E-state index contributed by atoms with van der Waals surface area (Å²) in [5.41, 5.74) is 3.19. The van der Waals surface area contributed by atoms with Gasteiger partial charge in [-0.3, -0.25) is 4.79 Å². The van der Waals surface area contributed by atoms with Crippen molar-refractivity contribution in [2.75, 3.05) is 20.0 Å². The summed E-state index contributed by atoms with van der Waals surface area (Å²) in [5, 5.41) is 0. The van der Waals surface area contributed by atoms with Gasteiger partial charge >= 0.3 is 0 Å². The normalized spacial score (nSPS) is 17.3. The van der Waals surface area contributed by atoms with Crippen LogP contribution >= 0.6 is 11.8 Å². The molecule has 1 aliphatic rings. The highest BCUT2D eigenvalue weighted by atomic mass is 32.2. The van der Waals surface area contributed by atoms with Crippen molar-refractivity contribution in [1.29, 1.82) is 0 Å². The quantitative estimate of drug-likeness (QED) is 0.632. The Labute approximate surface area is 130 Å². The molecule has 1 aromatic rings. The van der Waals surface area contributed by atoms with E-state index in [4.69, 9.17) is 0 Å². The summed E-state index contributed by atoms with van der Waals surface area (Å²) in [5.74, 6) is 1.06. The van der Waals surface area contributed by atoms with Gasteiger partial charge in [-0.2, -0.15) is 0 Å². The Balaban J connectivity index is 0.000000677. The van der Waals surface area contributed by atoms with E-state index in [0.29, 0.717) is 6.42 Å². The topological polar surface area (TPSA) is 43.4 Å². The minimum Gasteiger partial charge on any atom is -0.388 e. The smallest absolute Gasteiger partial charge is 0.170 e. The van der Waals surface area contributed by atoms with E-state index in [1.807, 2.05) is 38.1 Å². The Morgan fingerprint density at radius 2 is 2.00 bits per heavy atom. The SMILES string of the molecule is COC.Cc1cc(C(C)C=O)ccc1/C=C1\SCCC1=O. The summed E-state index contributed by atoms with van der Waals surface area (Å²) in [4.78, 5) is 23.2. The summed E-state index contributed by atoms with van der Waals surface area (Å²) in [7, 11) is 3.25. The van der Waals surface area contributed by atoms with Crippen LogP contribution in [0.15, 0.2) is 23.1 Å². The van der Waals surface area contributed by atoms with E-state index in [1.54, 1.807) is 26.0 Å². The van der Waals surface area contributed by atoms with Crippen molar-refractivity contribution >= 4 is 29.9 Å². The standard InChI is InChI=1S/C15H16O2S.C2H6O/c1-10-7-12(11(2)9-16)3-4-13(10)8-15-14(17)5-6-18-15;1-3-2/h3-4,7-9,11H,5-6H2,1-2H3;1-2H3/b15-8-;. The van der Waals surface area contributed by atoms with Gasteiger partial charge in [-0.05, 0) is 29.7 Å². The maximum absolute atomic E-state index is 11.6. The van der Waals surface area contributed by atoms with Gasteiger partial charge in [-0.25, -0.2) is 0 Å². The van der Waals surface area contributed by atoms with Gasteiger partial charge in [0, 0.05) is 32.3 Å². The largest absolute Gasteiger partial charge is 0.388 e. The molecule has 1 aromatic carbocycles. The van der Waals surface area contributed by atoms with Gasteiger partial charge in [0.25, 0.3) is 0 Å². The fourth-order valence-corrected chi connectivity index (χ4v) is 2.92. The first-order valence-electron chi connectivity index (χ1n) is 6.87. The van der Waals surface area contributed by atoms with Gasteiger partial charge in [0.05, 0.1) is 4.91 Å². The average molecular weight is 306 g/mol. The molecule has 0 N–H and O–H groups in total. The Kier molecular flexibility index (Phi) is 7.40. The van der Waals surface area contributed by atoms with Crippen LogP contribution in [0.4, 0.5) is 0 Å². The van der Waals surface area contributed by atoms with E-state index in [2.05, 4.69) is 4.74 Å². The summed E-state index contributed by atoms with van der Waals surface area (Å²) in [6.45, 7) is 3.90. The van der Waals surface area contributed by atoms with Crippen molar-refractivity contribution in [3.8, 4) is 0 Å². The Bertz CT molecular complexity index is 535. The fraction of sp³-hybridized carbons (Fsp3) is 0.412. The van der Waals surface area contributed by atoms with Crippen LogP contribution in [0.1, 0.15) is 36.0 Å². The predicted molar refractivity (Wildman–Crippen MR) is 88.7 cm³/mol. The lowest BCUT2D eigenvalue weighted by molar-refractivity contribution is -0.114. The summed E-state index contributed by atoms with van der Waals surface area (Å²) in [6.07, 6.45) is 3.56. The number of thioether (sulfide) groups is 1. The highest BCUT2D eigenvalue weighted by molar-refractivity contribution is 8.04. The third-order valence-electron chi connectivity index (χ3n) is 3.17. The lowest BCUT2D eigenvalue weighted by Gasteiger charge is -2.08.